The van der Waals surface area contributed by atoms with Crippen LogP contribution in [0.4, 0.5) is 0 Å². The number of hydrogen-bond acceptors (Lipinski definition) is 2. The summed E-state index contributed by atoms with van der Waals surface area (Å²) in [5.74, 6) is 0.935. The zero-order valence-corrected chi connectivity index (χ0v) is 10.5. The van der Waals surface area contributed by atoms with Gasteiger partial charge in [0.1, 0.15) is 11.3 Å². The summed E-state index contributed by atoms with van der Waals surface area (Å²) in [6.45, 7) is 6.56. The number of aromatic nitrogens is 2. The average Bonchev–Trinajstić information content (AvgIpc) is 2.58. The Morgan fingerprint density at radius 3 is 2.50 bits per heavy atom. The molecule has 3 nitrogen and oxygen atoms in total. The minimum absolute atomic E-state index is 0.0732. The maximum absolute atomic E-state index is 5.56. The Hall–Kier alpha value is -1.51. The summed E-state index contributed by atoms with van der Waals surface area (Å²) in [7, 11) is 3.66. The molecule has 0 aliphatic rings. The van der Waals surface area contributed by atoms with Crippen LogP contribution in [0, 0.1) is 0 Å². The molecule has 2 aromatic rings. The summed E-state index contributed by atoms with van der Waals surface area (Å²) in [5.41, 5.74) is 2.35. The fraction of sp³-hybridized carbons (Fsp3) is 0.462. The molecule has 0 amide bonds. The molecular formula is C13H18N2O. The number of nitrogens with zero attached hydrogens (tertiary/aromatic N) is 2. The molecular weight excluding hydrogens is 200 g/mol. The van der Waals surface area contributed by atoms with E-state index in [2.05, 4.69) is 38.0 Å². The van der Waals surface area contributed by atoms with E-state index in [-0.39, 0.29) is 5.41 Å². The average molecular weight is 218 g/mol. The van der Waals surface area contributed by atoms with E-state index in [1.165, 1.54) is 5.56 Å². The molecule has 1 aromatic carbocycles. The first kappa shape index (κ1) is 11.0. The molecule has 2 rings (SSSR count). The molecule has 0 N–H and O–H groups in total. The zero-order valence-electron chi connectivity index (χ0n) is 10.5. The first-order valence-electron chi connectivity index (χ1n) is 5.44. The van der Waals surface area contributed by atoms with Crippen LogP contribution in [-0.4, -0.2) is 16.9 Å². The third-order valence-electron chi connectivity index (χ3n) is 2.87. The van der Waals surface area contributed by atoms with Gasteiger partial charge in [0.05, 0.1) is 13.3 Å². The van der Waals surface area contributed by atoms with Gasteiger partial charge in [-0.1, -0.05) is 32.9 Å². The molecule has 1 aromatic heterocycles. The minimum atomic E-state index is 0.0732. The molecule has 1 heterocycles. The Morgan fingerprint density at radius 2 is 1.94 bits per heavy atom. The van der Waals surface area contributed by atoms with E-state index < -0.39 is 0 Å². The molecule has 0 bridgehead atoms. The van der Waals surface area contributed by atoms with E-state index in [0.29, 0.717) is 0 Å². The van der Waals surface area contributed by atoms with Crippen LogP contribution in [0.15, 0.2) is 18.3 Å². The number of fused-ring (bicyclic) bond motifs is 1. The highest BCUT2D eigenvalue weighted by Gasteiger charge is 2.21. The van der Waals surface area contributed by atoms with Crippen LogP contribution >= 0.6 is 0 Å². The van der Waals surface area contributed by atoms with Crippen LogP contribution in [0.5, 0.6) is 5.75 Å². The molecule has 16 heavy (non-hydrogen) atoms. The highest BCUT2D eigenvalue weighted by molar-refractivity contribution is 5.86. The van der Waals surface area contributed by atoms with E-state index in [9.17, 15) is 0 Å². The third-order valence-corrected chi connectivity index (χ3v) is 2.87. The predicted octanol–water partition coefficient (Wildman–Crippen LogP) is 2.88. The summed E-state index contributed by atoms with van der Waals surface area (Å²) in [6, 6.07) is 4.23. The van der Waals surface area contributed by atoms with Gasteiger partial charge in [0.15, 0.2) is 0 Å². The Morgan fingerprint density at radius 1 is 1.25 bits per heavy atom. The molecule has 0 saturated heterocycles. The molecule has 0 atom stereocenters. The van der Waals surface area contributed by atoms with Crippen molar-refractivity contribution in [2.24, 2.45) is 7.05 Å². The minimum Gasteiger partial charge on any atom is -0.494 e. The lowest BCUT2D eigenvalue weighted by atomic mass is 9.86. The number of ether oxygens (including phenoxy) is 1. The predicted molar refractivity (Wildman–Crippen MR) is 66.0 cm³/mol. The lowest BCUT2D eigenvalue weighted by Gasteiger charge is -2.22. The lowest BCUT2D eigenvalue weighted by molar-refractivity contribution is 0.400. The molecule has 0 aliphatic carbocycles. The van der Waals surface area contributed by atoms with Crippen molar-refractivity contribution in [1.82, 2.24) is 9.78 Å². The van der Waals surface area contributed by atoms with Gasteiger partial charge in [0.2, 0.25) is 0 Å². The number of benzene rings is 1. The standard InChI is InChI=1S/C13H18N2O/c1-13(2,3)10-7-6-9-8-14-15(4)11(9)12(10)16-5/h6-8H,1-5H3. The normalized spacial score (nSPS) is 12.1. The fourth-order valence-electron chi connectivity index (χ4n) is 2.03. The SMILES string of the molecule is COc1c(C(C)(C)C)ccc2cnn(C)c12. The quantitative estimate of drug-likeness (QED) is 0.736. The number of hydrogen-bond donors (Lipinski definition) is 0. The van der Waals surface area contributed by atoms with E-state index in [1.807, 2.05) is 17.9 Å². The topological polar surface area (TPSA) is 27.1 Å². The van der Waals surface area contributed by atoms with Crippen LogP contribution < -0.4 is 4.74 Å². The van der Waals surface area contributed by atoms with Crippen LogP contribution in [0.3, 0.4) is 0 Å². The van der Waals surface area contributed by atoms with Crippen molar-refractivity contribution in [3.8, 4) is 5.75 Å². The Kier molecular flexibility index (Phi) is 2.41. The highest BCUT2D eigenvalue weighted by atomic mass is 16.5. The van der Waals surface area contributed by atoms with Gasteiger partial charge in [-0.05, 0) is 5.41 Å². The van der Waals surface area contributed by atoms with Crippen molar-refractivity contribution in [2.75, 3.05) is 7.11 Å². The van der Waals surface area contributed by atoms with Crippen molar-refractivity contribution in [2.45, 2.75) is 26.2 Å². The molecule has 0 fully saturated rings. The van der Waals surface area contributed by atoms with Gasteiger partial charge < -0.3 is 4.74 Å². The Bertz CT molecular complexity index is 520. The van der Waals surface area contributed by atoms with E-state index >= 15 is 0 Å². The second-order valence-corrected chi connectivity index (χ2v) is 5.10. The molecule has 0 unspecified atom stereocenters. The largest absolute Gasteiger partial charge is 0.494 e. The fourth-order valence-corrected chi connectivity index (χ4v) is 2.03. The van der Waals surface area contributed by atoms with Crippen LogP contribution in [-0.2, 0) is 12.5 Å². The van der Waals surface area contributed by atoms with Crippen LogP contribution in [0.1, 0.15) is 26.3 Å². The van der Waals surface area contributed by atoms with Gasteiger partial charge in [0.25, 0.3) is 0 Å². The van der Waals surface area contributed by atoms with Crippen LogP contribution in [0.2, 0.25) is 0 Å². The summed E-state index contributed by atoms with van der Waals surface area (Å²) in [4.78, 5) is 0. The second kappa shape index (κ2) is 3.51. The van der Waals surface area contributed by atoms with E-state index in [0.717, 1.165) is 16.7 Å². The third kappa shape index (κ3) is 1.56. The molecule has 0 aliphatic heterocycles. The van der Waals surface area contributed by atoms with Gasteiger partial charge >= 0.3 is 0 Å². The van der Waals surface area contributed by atoms with Crippen LogP contribution in [0.25, 0.3) is 10.9 Å². The van der Waals surface area contributed by atoms with Gasteiger partial charge in [0, 0.05) is 18.0 Å². The summed E-state index contributed by atoms with van der Waals surface area (Å²) in [6.07, 6.45) is 1.87. The van der Waals surface area contributed by atoms with Gasteiger partial charge in [-0.15, -0.1) is 0 Å². The van der Waals surface area contributed by atoms with Gasteiger partial charge in [-0.25, -0.2) is 0 Å². The summed E-state index contributed by atoms with van der Waals surface area (Å²) >= 11 is 0. The van der Waals surface area contributed by atoms with Gasteiger partial charge in [-0.3, -0.25) is 4.68 Å². The zero-order chi connectivity index (χ0) is 11.9. The van der Waals surface area contributed by atoms with E-state index in [4.69, 9.17) is 4.74 Å². The molecule has 0 radical (unpaired) electrons. The summed E-state index contributed by atoms with van der Waals surface area (Å²) < 4.78 is 7.43. The molecule has 86 valence electrons. The Balaban J connectivity index is 2.82. The second-order valence-electron chi connectivity index (χ2n) is 5.10. The first-order valence-corrected chi connectivity index (χ1v) is 5.44. The number of methoxy groups -OCH3 is 1. The lowest BCUT2D eigenvalue weighted by Crippen LogP contribution is -2.13. The maximum atomic E-state index is 5.56. The summed E-state index contributed by atoms with van der Waals surface area (Å²) in [5, 5.41) is 5.38. The van der Waals surface area contributed by atoms with Crippen molar-refractivity contribution in [3.05, 3.63) is 23.9 Å². The monoisotopic (exact) mass is 218 g/mol. The molecule has 3 heteroatoms. The van der Waals surface area contributed by atoms with Crippen molar-refractivity contribution in [3.63, 3.8) is 0 Å². The molecule has 0 spiro atoms. The van der Waals surface area contributed by atoms with E-state index in [1.54, 1.807) is 7.11 Å². The van der Waals surface area contributed by atoms with Crippen molar-refractivity contribution in [1.29, 1.82) is 0 Å². The number of aryl methyl sites for hydroxylation is 1. The first-order chi connectivity index (χ1) is 7.45. The number of rotatable bonds is 1. The van der Waals surface area contributed by atoms with Crippen molar-refractivity contribution < 1.29 is 4.74 Å². The Labute approximate surface area is 96.0 Å². The smallest absolute Gasteiger partial charge is 0.148 e. The molecule has 0 saturated carbocycles. The van der Waals surface area contributed by atoms with Gasteiger partial charge in [-0.2, -0.15) is 5.10 Å². The maximum Gasteiger partial charge on any atom is 0.148 e. The highest BCUT2D eigenvalue weighted by Crippen LogP contribution is 2.36. The van der Waals surface area contributed by atoms with Crippen molar-refractivity contribution >= 4 is 10.9 Å².